The van der Waals surface area contributed by atoms with Crippen molar-refractivity contribution in [3.8, 4) is 6.07 Å². The Labute approximate surface area is 141 Å². The van der Waals surface area contributed by atoms with Crippen LogP contribution in [0.15, 0.2) is 29.3 Å². The Morgan fingerprint density at radius 3 is 3.08 bits per heavy atom. The first-order valence-corrected chi connectivity index (χ1v) is 8.62. The molecule has 124 valence electrons. The van der Waals surface area contributed by atoms with Crippen molar-refractivity contribution < 1.29 is 9.18 Å². The number of anilines is 1. The smallest absolute Gasteiger partial charge is 0.272 e. The molecule has 2 heterocycles. The molecular weight excluding hydrogens is 329 g/mol. The quantitative estimate of drug-likeness (QED) is 0.780. The average Bonchev–Trinajstić information content (AvgIpc) is 2.79. The van der Waals surface area contributed by atoms with Gasteiger partial charge in [0.15, 0.2) is 0 Å². The van der Waals surface area contributed by atoms with Crippen molar-refractivity contribution in [2.24, 2.45) is 7.05 Å². The third-order valence-corrected chi connectivity index (χ3v) is 5.16. The molecule has 3 N–H and O–H groups in total. The van der Waals surface area contributed by atoms with E-state index in [1.807, 2.05) is 6.20 Å². The summed E-state index contributed by atoms with van der Waals surface area (Å²) in [5.41, 5.74) is 1.63. The number of halogens is 1. The summed E-state index contributed by atoms with van der Waals surface area (Å²) >= 11 is 0. The van der Waals surface area contributed by atoms with Crippen molar-refractivity contribution in [1.82, 2.24) is 9.29 Å². The Hall–Kier alpha value is -2.50. The zero-order valence-corrected chi connectivity index (χ0v) is 13.8. The number of hydrogen-bond acceptors (Lipinski definition) is 3. The minimum absolute atomic E-state index is 0.115. The third kappa shape index (κ3) is 2.96. The number of nitrogens with one attached hydrogen (secondary N) is 3. The van der Waals surface area contributed by atoms with Crippen LogP contribution in [-0.2, 0) is 24.3 Å². The van der Waals surface area contributed by atoms with E-state index in [0.29, 0.717) is 11.4 Å². The second kappa shape index (κ2) is 6.55. The van der Waals surface area contributed by atoms with Crippen LogP contribution in [0.3, 0.4) is 0 Å². The second-order valence-corrected chi connectivity index (χ2v) is 6.84. The Kier molecular flexibility index (Phi) is 4.46. The van der Waals surface area contributed by atoms with Crippen LogP contribution in [0.2, 0.25) is 0 Å². The molecule has 2 aromatic rings. The van der Waals surface area contributed by atoms with Gasteiger partial charge >= 0.3 is 0 Å². The Morgan fingerprint density at radius 2 is 2.33 bits per heavy atom. The lowest BCUT2D eigenvalue weighted by molar-refractivity contribution is 0.101. The SMILES string of the molecule is Cn1cc2c(c1C(=O)Nc1ccc(F)c(C#N)c1)CCCNS2=N. The molecule has 6 nitrogen and oxygen atoms in total. The van der Waals surface area contributed by atoms with Gasteiger partial charge in [-0.25, -0.2) is 4.39 Å². The number of rotatable bonds is 2. The molecule has 0 fully saturated rings. The maximum Gasteiger partial charge on any atom is 0.272 e. The molecule has 3 rings (SSSR count). The summed E-state index contributed by atoms with van der Waals surface area (Å²) in [6.07, 6.45) is 3.39. The average molecular weight is 345 g/mol. The first kappa shape index (κ1) is 16.4. The van der Waals surface area contributed by atoms with Crippen LogP contribution in [-0.4, -0.2) is 17.0 Å². The third-order valence-electron chi connectivity index (χ3n) is 3.88. The number of amides is 1. The molecule has 1 aromatic heterocycles. The van der Waals surface area contributed by atoms with Gasteiger partial charge < -0.3 is 9.88 Å². The van der Waals surface area contributed by atoms with Crippen LogP contribution in [0, 0.1) is 21.9 Å². The highest BCUT2D eigenvalue weighted by Gasteiger charge is 2.23. The zero-order chi connectivity index (χ0) is 17.3. The molecule has 0 aliphatic carbocycles. The Morgan fingerprint density at radius 1 is 1.54 bits per heavy atom. The Bertz CT molecular complexity index is 883. The number of fused-ring (bicyclic) bond motifs is 1. The number of nitriles is 1. The maximum absolute atomic E-state index is 13.4. The lowest BCUT2D eigenvalue weighted by Gasteiger charge is -2.09. The van der Waals surface area contributed by atoms with Crippen LogP contribution >= 0.6 is 0 Å². The molecule has 0 saturated carbocycles. The van der Waals surface area contributed by atoms with E-state index in [0.717, 1.165) is 35.9 Å². The number of aromatic nitrogens is 1. The fraction of sp³-hybridized carbons (Fsp3) is 0.250. The summed E-state index contributed by atoms with van der Waals surface area (Å²) in [6.45, 7) is 0.746. The summed E-state index contributed by atoms with van der Waals surface area (Å²) in [7, 11) is 0.933. The molecule has 1 aromatic carbocycles. The summed E-state index contributed by atoms with van der Waals surface area (Å²) < 4.78 is 26.4. The van der Waals surface area contributed by atoms with Crippen LogP contribution in [0.4, 0.5) is 10.1 Å². The van der Waals surface area contributed by atoms with Gasteiger partial charge in [-0.05, 0) is 47.5 Å². The van der Waals surface area contributed by atoms with E-state index in [9.17, 15) is 9.18 Å². The largest absolute Gasteiger partial charge is 0.345 e. The number of aryl methyl sites for hydroxylation is 1. The minimum atomic E-state index is -0.837. The van der Waals surface area contributed by atoms with Gasteiger partial charge in [0.2, 0.25) is 0 Å². The fourth-order valence-electron chi connectivity index (χ4n) is 2.76. The van der Waals surface area contributed by atoms with Gasteiger partial charge in [0, 0.05) is 25.5 Å². The van der Waals surface area contributed by atoms with Gasteiger partial charge in [-0.15, -0.1) is 0 Å². The summed E-state index contributed by atoms with van der Waals surface area (Å²) in [5, 5.41) is 11.6. The van der Waals surface area contributed by atoms with Gasteiger partial charge in [0.25, 0.3) is 5.91 Å². The van der Waals surface area contributed by atoms with Crippen molar-refractivity contribution in [2.75, 3.05) is 11.9 Å². The monoisotopic (exact) mass is 345 g/mol. The van der Waals surface area contributed by atoms with Gasteiger partial charge in [0.1, 0.15) is 17.6 Å². The highest BCUT2D eigenvalue weighted by Crippen LogP contribution is 2.25. The van der Waals surface area contributed by atoms with E-state index >= 15 is 0 Å². The molecule has 8 heteroatoms. The van der Waals surface area contributed by atoms with Crippen LogP contribution < -0.4 is 10.0 Å². The lowest BCUT2D eigenvalue weighted by atomic mass is 10.1. The summed E-state index contributed by atoms with van der Waals surface area (Å²) in [6, 6.07) is 5.65. The molecule has 1 aliphatic heterocycles. The molecule has 0 radical (unpaired) electrons. The standard InChI is InChI=1S/C16H16FN5OS/c1-22-9-14-12(3-2-6-20-24(14)19)15(22)16(23)21-11-4-5-13(17)10(7-11)8-18/h4-5,7,9H,2-3,6H2,1H3,(H2,19,20)(H,21,23). The maximum atomic E-state index is 13.4. The summed E-state index contributed by atoms with van der Waals surface area (Å²) in [4.78, 5) is 13.5. The van der Waals surface area contributed by atoms with E-state index in [-0.39, 0.29) is 11.5 Å². The highest BCUT2D eigenvalue weighted by molar-refractivity contribution is 7.84. The second-order valence-electron chi connectivity index (χ2n) is 5.50. The predicted octanol–water partition coefficient (Wildman–Crippen LogP) is 2.48. The minimum Gasteiger partial charge on any atom is -0.345 e. The van der Waals surface area contributed by atoms with Crippen molar-refractivity contribution >= 4 is 22.5 Å². The van der Waals surface area contributed by atoms with Gasteiger partial charge in [-0.3, -0.25) is 14.3 Å². The lowest BCUT2D eigenvalue weighted by Crippen LogP contribution is -2.17. The normalized spacial score (nSPS) is 16.8. The predicted molar refractivity (Wildman–Crippen MR) is 89.2 cm³/mol. The van der Waals surface area contributed by atoms with Gasteiger partial charge in [-0.2, -0.15) is 5.26 Å². The van der Waals surface area contributed by atoms with E-state index in [4.69, 9.17) is 10.0 Å². The van der Waals surface area contributed by atoms with E-state index in [1.54, 1.807) is 17.7 Å². The number of hydrogen-bond donors (Lipinski definition) is 3. The van der Waals surface area contributed by atoms with E-state index in [2.05, 4.69) is 10.0 Å². The molecule has 0 bridgehead atoms. The van der Waals surface area contributed by atoms with Crippen molar-refractivity contribution in [1.29, 1.82) is 10.0 Å². The molecule has 1 aliphatic rings. The van der Waals surface area contributed by atoms with Crippen LogP contribution in [0.25, 0.3) is 0 Å². The number of nitrogens with zero attached hydrogens (tertiary/aromatic N) is 2. The number of benzene rings is 1. The molecular formula is C16H16FN5OS. The Balaban J connectivity index is 1.94. The van der Waals surface area contributed by atoms with Crippen LogP contribution in [0.1, 0.15) is 28.0 Å². The molecule has 0 spiro atoms. The highest BCUT2D eigenvalue weighted by atomic mass is 32.2. The van der Waals surface area contributed by atoms with Crippen molar-refractivity contribution in [2.45, 2.75) is 17.7 Å². The zero-order valence-electron chi connectivity index (χ0n) is 13.0. The van der Waals surface area contributed by atoms with E-state index < -0.39 is 16.7 Å². The van der Waals surface area contributed by atoms with Crippen molar-refractivity contribution in [3.05, 3.63) is 47.0 Å². The van der Waals surface area contributed by atoms with E-state index in [1.165, 1.54) is 12.1 Å². The first-order chi connectivity index (χ1) is 11.5. The molecule has 24 heavy (non-hydrogen) atoms. The number of carbonyl (C=O) groups is 1. The van der Waals surface area contributed by atoms with Crippen molar-refractivity contribution in [3.63, 3.8) is 0 Å². The first-order valence-electron chi connectivity index (χ1n) is 7.39. The van der Waals surface area contributed by atoms with Gasteiger partial charge in [0.05, 0.1) is 10.5 Å². The fourth-order valence-corrected chi connectivity index (χ4v) is 3.97. The molecule has 0 saturated heterocycles. The molecule has 1 unspecified atom stereocenters. The van der Waals surface area contributed by atoms with Gasteiger partial charge in [-0.1, -0.05) is 0 Å². The molecule has 1 atom stereocenters. The summed E-state index contributed by atoms with van der Waals surface area (Å²) in [5.74, 6) is -0.944. The molecule has 1 amide bonds. The van der Waals surface area contributed by atoms with Crippen LogP contribution in [0.5, 0.6) is 0 Å². The topological polar surface area (TPSA) is 93.7 Å². The number of carbonyl (C=O) groups excluding carboxylic acids is 1.